The third kappa shape index (κ3) is 3.94. The SMILES string of the molecule is O=c1n(CCN(C[C@H]2CCCO2)C[C@@H]2CCCO2)nc2ccccn12. The lowest BCUT2D eigenvalue weighted by molar-refractivity contribution is 0.0359. The molecule has 136 valence electrons. The number of ether oxygens (including phenoxy) is 2. The number of rotatable bonds is 7. The van der Waals surface area contributed by atoms with Crippen molar-refractivity contribution in [2.75, 3.05) is 32.8 Å². The van der Waals surface area contributed by atoms with Gasteiger partial charge in [0.15, 0.2) is 5.65 Å². The summed E-state index contributed by atoms with van der Waals surface area (Å²) in [5, 5.41) is 4.43. The van der Waals surface area contributed by atoms with Crippen LogP contribution in [0.15, 0.2) is 29.2 Å². The van der Waals surface area contributed by atoms with E-state index in [4.69, 9.17) is 9.47 Å². The fourth-order valence-corrected chi connectivity index (χ4v) is 3.76. The van der Waals surface area contributed by atoms with Crippen LogP contribution in [0.5, 0.6) is 0 Å². The molecule has 0 spiro atoms. The second-order valence-electron chi connectivity index (χ2n) is 6.96. The Hall–Kier alpha value is -1.70. The molecule has 0 amide bonds. The second kappa shape index (κ2) is 7.68. The number of aromatic nitrogens is 3. The Morgan fingerprint density at radius 1 is 1.12 bits per heavy atom. The van der Waals surface area contributed by atoms with Gasteiger partial charge in [-0.05, 0) is 37.8 Å². The number of fused-ring (bicyclic) bond motifs is 1. The lowest BCUT2D eigenvalue weighted by Gasteiger charge is -2.27. The van der Waals surface area contributed by atoms with Gasteiger partial charge in [-0.3, -0.25) is 9.30 Å². The molecule has 2 fully saturated rings. The van der Waals surface area contributed by atoms with Crippen molar-refractivity contribution in [1.29, 1.82) is 0 Å². The van der Waals surface area contributed by atoms with Gasteiger partial charge >= 0.3 is 5.69 Å². The quantitative estimate of drug-likeness (QED) is 0.753. The van der Waals surface area contributed by atoms with Crippen molar-refractivity contribution >= 4 is 5.65 Å². The molecule has 2 saturated heterocycles. The molecule has 2 aromatic heterocycles. The highest BCUT2D eigenvalue weighted by molar-refractivity contribution is 5.35. The van der Waals surface area contributed by atoms with Gasteiger partial charge in [0, 0.05) is 39.0 Å². The molecule has 0 aliphatic carbocycles. The molecule has 7 nitrogen and oxygen atoms in total. The Balaban J connectivity index is 1.42. The molecule has 0 unspecified atom stereocenters. The maximum absolute atomic E-state index is 12.4. The summed E-state index contributed by atoms with van der Waals surface area (Å²) in [6, 6.07) is 5.60. The highest BCUT2D eigenvalue weighted by Gasteiger charge is 2.24. The van der Waals surface area contributed by atoms with Gasteiger partial charge in [0.2, 0.25) is 0 Å². The van der Waals surface area contributed by atoms with Crippen molar-refractivity contribution < 1.29 is 9.47 Å². The Bertz CT molecular complexity index is 726. The molecule has 0 saturated carbocycles. The zero-order valence-electron chi connectivity index (χ0n) is 14.5. The summed E-state index contributed by atoms with van der Waals surface area (Å²) in [5.41, 5.74) is 0.613. The minimum atomic E-state index is -0.0789. The predicted octanol–water partition coefficient (Wildman–Crippen LogP) is 1.16. The molecule has 0 radical (unpaired) electrons. The van der Waals surface area contributed by atoms with E-state index >= 15 is 0 Å². The van der Waals surface area contributed by atoms with Crippen molar-refractivity contribution in [3.63, 3.8) is 0 Å². The van der Waals surface area contributed by atoms with Crippen LogP contribution in [0, 0.1) is 0 Å². The van der Waals surface area contributed by atoms with E-state index in [1.54, 1.807) is 15.3 Å². The summed E-state index contributed by atoms with van der Waals surface area (Å²) in [6.45, 7) is 4.90. The average Bonchev–Trinajstić information content (AvgIpc) is 3.36. The van der Waals surface area contributed by atoms with E-state index in [9.17, 15) is 4.79 Å². The van der Waals surface area contributed by atoms with Gasteiger partial charge in [-0.1, -0.05) is 6.07 Å². The fraction of sp³-hybridized carbons (Fsp3) is 0.667. The van der Waals surface area contributed by atoms with Crippen LogP contribution in [-0.2, 0) is 16.0 Å². The van der Waals surface area contributed by atoms with Gasteiger partial charge in [-0.25, -0.2) is 9.48 Å². The molecule has 2 aliphatic rings. The van der Waals surface area contributed by atoms with Gasteiger partial charge in [0.05, 0.1) is 18.8 Å². The molecule has 2 aliphatic heterocycles. The molecular formula is C18H26N4O3. The number of pyridine rings is 1. The minimum absolute atomic E-state index is 0.0789. The molecular weight excluding hydrogens is 320 g/mol. The van der Waals surface area contributed by atoms with E-state index in [-0.39, 0.29) is 5.69 Å². The van der Waals surface area contributed by atoms with Crippen LogP contribution >= 0.6 is 0 Å². The zero-order chi connectivity index (χ0) is 17.1. The van der Waals surface area contributed by atoms with Gasteiger partial charge in [0.1, 0.15) is 0 Å². The Morgan fingerprint density at radius 3 is 2.44 bits per heavy atom. The van der Waals surface area contributed by atoms with E-state index in [0.717, 1.165) is 58.5 Å². The first-order valence-corrected chi connectivity index (χ1v) is 9.29. The first kappa shape index (κ1) is 16.8. The summed E-state index contributed by atoms with van der Waals surface area (Å²) in [4.78, 5) is 14.8. The summed E-state index contributed by atoms with van der Waals surface area (Å²) < 4.78 is 14.8. The topological polar surface area (TPSA) is 61.0 Å². The van der Waals surface area contributed by atoms with Crippen molar-refractivity contribution in [2.45, 2.75) is 44.4 Å². The second-order valence-corrected chi connectivity index (χ2v) is 6.96. The average molecular weight is 346 g/mol. The van der Waals surface area contributed by atoms with Crippen molar-refractivity contribution in [1.82, 2.24) is 19.1 Å². The lowest BCUT2D eigenvalue weighted by Crippen LogP contribution is -2.40. The molecule has 0 bridgehead atoms. The maximum Gasteiger partial charge on any atom is 0.350 e. The van der Waals surface area contributed by atoms with E-state index < -0.39 is 0 Å². The molecule has 4 heterocycles. The molecule has 25 heavy (non-hydrogen) atoms. The summed E-state index contributed by atoms with van der Waals surface area (Å²) in [5.74, 6) is 0. The zero-order valence-corrected chi connectivity index (χ0v) is 14.5. The van der Waals surface area contributed by atoms with Crippen LogP contribution in [0.2, 0.25) is 0 Å². The summed E-state index contributed by atoms with van der Waals surface area (Å²) in [6.07, 6.45) is 6.90. The Kier molecular flexibility index (Phi) is 5.14. The lowest BCUT2D eigenvalue weighted by atomic mass is 10.2. The maximum atomic E-state index is 12.4. The van der Waals surface area contributed by atoms with Crippen molar-refractivity contribution in [3.8, 4) is 0 Å². The van der Waals surface area contributed by atoms with Crippen LogP contribution < -0.4 is 5.69 Å². The number of hydrogen-bond donors (Lipinski definition) is 0. The first-order chi connectivity index (χ1) is 12.3. The van der Waals surface area contributed by atoms with E-state index in [1.807, 2.05) is 18.2 Å². The number of hydrogen-bond acceptors (Lipinski definition) is 5. The van der Waals surface area contributed by atoms with E-state index in [0.29, 0.717) is 24.4 Å². The fourth-order valence-electron chi connectivity index (χ4n) is 3.76. The normalized spacial score (nSPS) is 23.9. The highest BCUT2D eigenvalue weighted by Crippen LogP contribution is 2.17. The van der Waals surface area contributed by atoms with Gasteiger partial charge < -0.3 is 9.47 Å². The molecule has 7 heteroatoms. The smallest absolute Gasteiger partial charge is 0.350 e. The molecule has 2 aromatic rings. The van der Waals surface area contributed by atoms with Gasteiger partial charge in [0.25, 0.3) is 0 Å². The van der Waals surface area contributed by atoms with Crippen LogP contribution in [0.3, 0.4) is 0 Å². The molecule has 2 atom stereocenters. The Labute approximate surface area is 147 Å². The van der Waals surface area contributed by atoms with Crippen LogP contribution in [0.4, 0.5) is 0 Å². The standard InChI is InChI=1S/C18H26N4O3/c23-18-21-8-2-1-7-17(21)19-22(18)10-9-20(13-15-5-3-11-24-15)14-16-6-4-12-25-16/h1-2,7-8,15-16H,3-6,9-14H2/t15-,16+. The summed E-state index contributed by atoms with van der Waals surface area (Å²) in [7, 11) is 0. The largest absolute Gasteiger partial charge is 0.377 e. The van der Waals surface area contributed by atoms with Crippen molar-refractivity contribution in [3.05, 3.63) is 34.9 Å². The van der Waals surface area contributed by atoms with Crippen LogP contribution in [-0.4, -0.2) is 64.1 Å². The molecule has 0 aromatic carbocycles. The van der Waals surface area contributed by atoms with E-state index in [1.165, 1.54) is 0 Å². The summed E-state index contributed by atoms with van der Waals surface area (Å²) >= 11 is 0. The van der Waals surface area contributed by atoms with Crippen LogP contribution in [0.1, 0.15) is 25.7 Å². The molecule has 0 N–H and O–H groups in total. The Morgan fingerprint density at radius 2 is 1.84 bits per heavy atom. The van der Waals surface area contributed by atoms with Crippen molar-refractivity contribution in [2.24, 2.45) is 0 Å². The van der Waals surface area contributed by atoms with Gasteiger partial charge in [-0.2, -0.15) is 0 Å². The number of nitrogens with zero attached hydrogens (tertiary/aromatic N) is 4. The first-order valence-electron chi connectivity index (χ1n) is 9.29. The monoisotopic (exact) mass is 346 g/mol. The van der Waals surface area contributed by atoms with E-state index in [2.05, 4.69) is 10.00 Å². The third-order valence-electron chi connectivity index (χ3n) is 5.09. The minimum Gasteiger partial charge on any atom is -0.377 e. The van der Waals surface area contributed by atoms with Crippen LogP contribution in [0.25, 0.3) is 5.65 Å². The molecule has 4 rings (SSSR count). The third-order valence-corrected chi connectivity index (χ3v) is 5.09. The van der Waals surface area contributed by atoms with Gasteiger partial charge in [-0.15, -0.1) is 5.10 Å². The predicted molar refractivity (Wildman–Crippen MR) is 93.8 cm³/mol. The highest BCUT2D eigenvalue weighted by atomic mass is 16.5.